The minimum Gasteiger partial charge on any atom is -0.297 e. The molecule has 0 radical (unpaired) electrons. The van der Waals surface area contributed by atoms with Crippen molar-refractivity contribution in [2.45, 2.75) is 30.5 Å². The summed E-state index contributed by atoms with van der Waals surface area (Å²) in [5, 5.41) is 7.00. The van der Waals surface area contributed by atoms with Crippen molar-refractivity contribution in [2.75, 3.05) is 0 Å². The molecule has 0 N–H and O–H groups in total. The van der Waals surface area contributed by atoms with Crippen molar-refractivity contribution in [1.82, 2.24) is 14.8 Å². The third-order valence-corrected chi connectivity index (χ3v) is 4.37. The van der Waals surface area contributed by atoms with E-state index in [0.717, 1.165) is 18.9 Å². The standard InChI is InChI=1S/C12H10ClF2N3O2S/c13-21(19,20)12-17-16-10(18(12)8-4-5-8)6-7-2-1-3-9(14)11(7)15/h1-3,8H,4-6H2. The van der Waals surface area contributed by atoms with Gasteiger partial charge in [0, 0.05) is 23.1 Å². The molecular formula is C12H10ClF2N3O2S. The highest BCUT2D eigenvalue weighted by Gasteiger charge is 2.33. The van der Waals surface area contributed by atoms with Crippen molar-refractivity contribution in [3.8, 4) is 0 Å². The number of rotatable bonds is 4. The van der Waals surface area contributed by atoms with Crippen molar-refractivity contribution >= 4 is 19.7 Å². The maximum Gasteiger partial charge on any atom is 0.296 e. The second-order valence-corrected chi connectivity index (χ2v) is 7.29. The van der Waals surface area contributed by atoms with Crippen LogP contribution in [0.2, 0.25) is 0 Å². The Labute approximate surface area is 124 Å². The number of aromatic nitrogens is 3. The topological polar surface area (TPSA) is 64.8 Å². The van der Waals surface area contributed by atoms with E-state index in [4.69, 9.17) is 10.7 Å². The van der Waals surface area contributed by atoms with Crippen molar-refractivity contribution in [1.29, 1.82) is 0 Å². The smallest absolute Gasteiger partial charge is 0.296 e. The number of hydrogen-bond acceptors (Lipinski definition) is 4. The summed E-state index contributed by atoms with van der Waals surface area (Å²) in [5.41, 5.74) is 0.0859. The van der Waals surface area contributed by atoms with E-state index in [1.807, 2.05) is 0 Å². The zero-order valence-electron chi connectivity index (χ0n) is 10.6. The first kappa shape index (κ1) is 14.4. The summed E-state index contributed by atoms with van der Waals surface area (Å²) in [4.78, 5) is 0. The summed E-state index contributed by atoms with van der Waals surface area (Å²) in [6.07, 6.45) is 1.49. The van der Waals surface area contributed by atoms with E-state index < -0.39 is 20.7 Å². The molecule has 0 atom stereocenters. The van der Waals surface area contributed by atoms with Crippen LogP contribution < -0.4 is 0 Å². The third kappa shape index (κ3) is 2.77. The SMILES string of the molecule is O=S(=O)(Cl)c1nnc(Cc2cccc(F)c2F)n1C1CC1. The monoisotopic (exact) mass is 333 g/mol. The fourth-order valence-electron chi connectivity index (χ4n) is 2.15. The highest BCUT2D eigenvalue weighted by atomic mass is 35.7. The first-order valence-corrected chi connectivity index (χ1v) is 8.50. The summed E-state index contributed by atoms with van der Waals surface area (Å²) in [6, 6.07) is 3.75. The van der Waals surface area contributed by atoms with Crippen LogP contribution in [0.4, 0.5) is 8.78 Å². The summed E-state index contributed by atoms with van der Waals surface area (Å²) >= 11 is 0. The Kier molecular flexibility index (Phi) is 3.45. The Hall–Kier alpha value is -1.54. The van der Waals surface area contributed by atoms with Crippen LogP contribution in [0.1, 0.15) is 30.3 Å². The van der Waals surface area contributed by atoms with Gasteiger partial charge in [-0.3, -0.25) is 4.57 Å². The lowest BCUT2D eigenvalue weighted by molar-refractivity contribution is 0.498. The molecule has 1 aromatic heterocycles. The molecule has 1 fully saturated rings. The molecular weight excluding hydrogens is 324 g/mol. The average molecular weight is 334 g/mol. The van der Waals surface area contributed by atoms with Crippen LogP contribution in [-0.4, -0.2) is 23.2 Å². The van der Waals surface area contributed by atoms with E-state index in [1.165, 1.54) is 16.7 Å². The third-order valence-electron chi connectivity index (χ3n) is 3.25. The first-order valence-electron chi connectivity index (χ1n) is 6.19. The fourth-order valence-corrected chi connectivity index (χ4v) is 3.09. The summed E-state index contributed by atoms with van der Waals surface area (Å²) in [7, 11) is 1.29. The van der Waals surface area contributed by atoms with E-state index in [1.54, 1.807) is 0 Å². The van der Waals surface area contributed by atoms with Gasteiger partial charge in [0.1, 0.15) is 5.82 Å². The number of nitrogens with zero attached hydrogens (tertiary/aromatic N) is 3. The van der Waals surface area contributed by atoms with Crippen molar-refractivity contribution < 1.29 is 17.2 Å². The van der Waals surface area contributed by atoms with Crippen molar-refractivity contribution in [3.05, 3.63) is 41.2 Å². The lowest BCUT2D eigenvalue weighted by Gasteiger charge is -2.08. The largest absolute Gasteiger partial charge is 0.297 e. The van der Waals surface area contributed by atoms with Gasteiger partial charge in [0.05, 0.1) is 0 Å². The maximum atomic E-state index is 13.7. The second-order valence-electron chi connectivity index (χ2n) is 4.83. The first-order chi connectivity index (χ1) is 9.88. The van der Waals surface area contributed by atoms with E-state index in [0.29, 0.717) is 0 Å². The molecule has 9 heteroatoms. The number of hydrogen-bond donors (Lipinski definition) is 0. The molecule has 1 saturated carbocycles. The van der Waals surface area contributed by atoms with Gasteiger partial charge in [-0.25, -0.2) is 17.2 Å². The number of halogens is 3. The van der Waals surface area contributed by atoms with Crippen LogP contribution in [0.25, 0.3) is 0 Å². The van der Waals surface area contributed by atoms with Gasteiger partial charge in [-0.05, 0) is 24.5 Å². The molecule has 112 valence electrons. The highest BCUT2D eigenvalue weighted by molar-refractivity contribution is 8.13. The summed E-state index contributed by atoms with van der Waals surface area (Å²) in [6.45, 7) is 0. The molecule has 0 bridgehead atoms. The Morgan fingerprint density at radius 2 is 2.00 bits per heavy atom. The Morgan fingerprint density at radius 1 is 1.29 bits per heavy atom. The van der Waals surface area contributed by atoms with Crippen LogP contribution in [-0.2, 0) is 15.5 Å². The van der Waals surface area contributed by atoms with Gasteiger partial charge in [0.25, 0.3) is 14.2 Å². The van der Waals surface area contributed by atoms with Crippen molar-refractivity contribution in [2.24, 2.45) is 0 Å². The van der Waals surface area contributed by atoms with Gasteiger partial charge >= 0.3 is 0 Å². The molecule has 1 aromatic carbocycles. The molecule has 1 aliphatic carbocycles. The minimum atomic E-state index is -4.03. The van der Waals surface area contributed by atoms with Gasteiger partial charge in [-0.15, -0.1) is 10.2 Å². The zero-order chi connectivity index (χ0) is 15.2. The molecule has 3 rings (SSSR count). The molecule has 2 aromatic rings. The highest BCUT2D eigenvalue weighted by Crippen LogP contribution is 2.38. The predicted octanol–water partition coefficient (Wildman–Crippen LogP) is 2.41. The molecule has 5 nitrogen and oxygen atoms in total. The summed E-state index contributed by atoms with van der Waals surface area (Å²) in [5.74, 6) is -1.69. The molecule has 0 amide bonds. The Morgan fingerprint density at radius 3 is 2.62 bits per heavy atom. The molecule has 1 aliphatic rings. The van der Waals surface area contributed by atoms with Crippen LogP contribution in [0.5, 0.6) is 0 Å². The quantitative estimate of drug-likeness (QED) is 0.806. The molecule has 1 heterocycles. The van der Waals surface area contributed by atoms with Gasteiger partial charge in [-0.1, -0.05) is 12.1 Å². The number of benzene rings is 1. The lowest BCUT2D eigenvalue weighted by Crippen LogP contribution is -2.09. The predicted molar refractivity (Wildman–Crippen MR) is 70.5 cm³/mol. The van der Waals surface area contributed by atoms with Crippen LogP contribution in [0.3, 0.4) is 0 Å². The normalized spacial score (nSPS) is 15.4. The van der Waals surface area contributed by atoms with Gasteiger partial charge < -0.3 is 0 Å². The molecule has 0 spiro atoms. The van der Waals surface area contributed by atoms with Crippen LogP contribution in [0, 0.1) is 11.6 Å². The molecule has 0 unspecified atom stereocenters. The summed E-state index contributed by atoms with van der Waals surface area (Å²) < 4.78 is 51.3. The van der Waals surface area contributed by atoms with Gasteiger partial charge in [0.15, 0.2) is 11.6 Å². The minimum absolute atomic E-state index is 0.0560. The maximum absolute atomic E-state index is 13.7. The molecule has 21 heavy (non-hydrogen) atoms. The van der Waals surface area contributed by atoms with Crippen molar-refractivity contribution in [3.63, 3.8) is 0 Å². The molecule has 0 aliphatic heterocycles. The zero-order valence-corrected chi connectivity index (χ0v) is 12.2. The van der Waals surface area contributed by atoms with E-state index >= 15 is 0 Å². The van der Waals surface area contributed by atoms with Crippen LogP contribution >= 0.6 is 10.7 Å². The van der Waals surface area contributed by atoms with E-state index in [9.17, 15) is 17.2 Å². The molecule has 0 saturated heterocycles. The van der Waals surface area contributed by atoms with Crippen LogP contribution in [0.15, 0.2) is 23.4 Å². The van der Waals surface area contributed by atoms with E-state index in [-0.39, 0.29) is 29.0 Å². The van der Waals surface area contributed by atoms with Gasteiger partial charge in [-0.2, -0.15) is 0 Å². The van der Waals surface area contributed by atoms with E-state index in [2.05, 4.69) is 10.2 Å². The fraction of sp³-hybridized carbons (Fsp3) is 0.333. The lowest BCUT2D eigenvalue weighted by atomic mass is 10.1. The second kappa shape index (κ2) is 5.03. The average Bonchev–Trinajstić information content (AvgIpc) is 3.14. The van der Waals surface area contributed by atoms with Gasteiger partial charge in [0.2, 0.25) is 0 Å². The Bertz CT molecular complexity index is 803. The Balaban J connectivity index is 2.04.